The Bertz CT molecular complexity index is 4000. The van der Waals surface area contributed by atoms with Crippen molar-refractivity contribution in [2.75, 3.05) is 50.8 Å². The smallest absolute Gasteiger partial charge is 0.322 e. The van der Waals surface area contributed by atoms with Gasteiger partial charge in [-0.2, -0.15) is 25.3 Å². The van der Waals surface area contributed by atoms with Gasteiger partial charge in [-0.1, -0.05) is 62.4 Å². The van der Waals surface area contributed by atoms with Crippen molar-refractivity contribution < 1.29 is 82.4 Å². The zero-order chi connectivity index (χ0) is 78.6. The predicted octanol–water partition coefficient (Wildman–Crippen LogP) is -4.30. The summed E-state index contributed by atoms with van der Waals surface area (Å²) in [4.78, 5) is 199. The first kappa shape index (κ1) is 84.9. The number of nitrogens with two attached hydrogens (primary N) is 2. The average Bonchev–Trinajstić information content (AvgIpc) is 1.70. The van der Waals surface area contributed by atoms with Gasteiger partial charge in [-0.15, -0.1) is 0 Å². The van der Waals surface area contributed by atoms with E-state index in [9.17, 15) is 72.5 Å². The number of nitrogens with one attached hydrogen (secondary N) is 16. The minimum atomic E-state index is -1.65. The molecule has 0 unspecified atom stereocenters. The molecule has 107 heavy (non-hydrogen) atoms. The molecule has 1 aliphatic rings. The summed E-state index contributed by atoms with van der Waals surface area (Å²) in [5.74, 6) is -13.6. The number of hydrogen-bond donors (Lipinski definition) is 23. The highest BCUT2D eigenvalue weighted by atomic mass is 32.1. The summed E-state index contributed by atoms with van der Waals surface area (Å²) < 4.78 is 0. The molecule has 1 fully saturated rings. The zero-order valence-corrected chi connectivity index (χ0v) is 61.2. The van der Waals surface area contributed by atoms with E-state index in [1.165, 1.54) is 43.0 Å². The molecule has 1 saturated heterocycles. The highest BCUT2D eigenvalue weighted by Gasteiger charge is 2.41. The van der Waals surface area contributed by atoms with E-state index < -0.39 is 175 Å². The highest BCUT2D eigenvalue weighted by molar-refractivity contribution is 7.80. The molecule has 0 radical (unpaired) electrons. The molecule has 3 aromatic carbocycles. The van der Waals surface area contributed by atoms with Gasteiger partial charge in [0.25, 0.3) is 0 Å². The third-order valence-corrected chi connectivity index (χ3v) is 17.9. The number of aliphatic hydroxyl groups is 1. The lowest BCUT2D eigenvalue weighted by Gasteiger charge is -2.31. The molecule has 23 N–H and O–H groups in total. The molecule has 11 atom stereocenters. The SMILES string of the molecule is CC(C)C[C@H](NC(=O)CNC(=O)[C@H](Cc1c[nH]c2ccccc12)NC(=O)[C@H](C)NC(=O)[C@H](CCCNC(=N)N)NC(=O)[C@@H]1CCCN1C(=O)[C@H](Cc1c[nH]c2ccccc12)NC(=O)[C@H](Cc1ccc(O)cc1)NC(=O)CNC(=O)[C@@H](NC(=O)[C@H](CS)NC(=O)CN)[C@@H](C)O)C(=O)N[C@@H](CS)C(=O)NCC(=O)O. The molecule has 0 saturated carbocycles. The largest absolute Gasteiger partial charge is 0.508 e. The number of aromatic hydroxyl groups is 1. The van der Waals surface area contributed by atoms with Crippen molar-refractivity contribution in [3.05, 3.63) is 102 Å². The van der Waals surface area contributed by atoms with Gasteiger partial charge < -0.3 is 111 Å². The molecule has 5 aromatic rings. The summed E-state index contributed by atoms with van der Waals surface area (Å²) in [5, 5.41) is 71.4. The second-order valence-electron chi connectivity index (χ2n) is 26.0. The summed E-state index contributed by atoms with van der Waals surface area (Å²) in [6, 6.07) is 5.95. The number of phenols is 1. The Labute approximate surface area is 626 Å². The van der Waals surface area contributed by atoms with Crippen LogP contribution in [0.15, 0.2) is 85.2 Å². The number of guanidine groups is 1. The zero-order valence-electron chi connectivity index (χ0n) is 59.4. The third kappa shape index (κ3) is 26.2. The first-order valence-electron chi connectivity index (χ1n) is 34.5. The molecule has 0 aliphatic carbocycles. The molecular weight excluding hydrogens is 1430 g/mol. The molecule has 0 bridgehead atoms. The summed E-state index contributed by atoms with van der Waals surface area (Å²) >= 11 is 8.18. The Balaban J connectivity index is 1.20. The molecule has 1 aliphatic heterocycles. The van der Waals surface area contributed by atoms with E-state index in [0.717, 1.165) is 0 Å². The number of hydrogen-bond acceptors (Lipinski definition) is 20. The van der Waals surface area contributed by atoms with Gasteiger partial charge in [-0.3, -0.25) is 72.5 Å². The fourth-order valence-corrected chi connectivity index (χ4v) is 12.2. The Kier molecular flexibility index (Phi) is 33.1. The summed E-state index contributed by atoms with van der Waals surface area (Å²) in [7, 11) is 0. The number of likely N-dealkylation sites (tertiary alicyclic amines) is 1. The number of amides is 13. The maximum absolute atomic E-state index is 15.3. The number of carboxylic acid groups (broad SMARTS) is 1. The number of carboxylic acids is 1. The van der Waals surface area contributed by atoms with Crippen molar-refractivity contribution in [2.45, 2.75) is 146 Å². The number of aliphatic carboxylic acids is 1. The Morgan fingerprint density at radius 3 is 1.63 bits per heavy atom. The van der Waals surface area contributed by atoms with Crippen molar-refractivity contribution in [1.29, 1.82) is 5.41 Å². The fourth-order valence-electron chi connectivity index (χ4n) is 11.7. The number of aliphatic hydroxyl groups excluding tert-OH is 1. The van der Waals surface area contributed by atoms with Gasteiger partial charge in [0.2, 0.25) is 76.8 Å². The van der Waals surface area contributed by atoms with Crippen LogP contribution in [0, 0.1) is 11.3 Å². The van der Waals surface area contributed by atoms with E-state index in [1.54, 1.807) is 74.8 Å². The van der Waals surface area contributed by atoms with Crippen LogP contribution in [-0.4, -0.2) is 236 Å². The van der Waals surface area contributed by atoms with Crippen LogP contribution in [0.4, 0.5) is 0 Å². The van der Waals surface area contributed by atoms with Gasteiger partial charge in [-0.25, -0.2) is 0 Å². The molecule has 3 heterocycles. The van der Waals surface area contributed by atoms with E-state index in [0.29, 0.717) is 38.5 Å². The fraction of sp³-hybridized carbons (Fsp3) is 0.464. The molecular formula is C69H95N19O17S2. The van der Waals surface area contributed by atoms with E-state index in [1.807, 2.05) is 0 Å². The van der Waals surface area contributed by atoms with Gasteiger partial charge in [0.05, 0.1) is 25.7 Å². The maximum Gasteiger partial charge on any atom is 0.322 e. The molecule has 36 nitrogen and oxygen atoms in total. The number of benzene rings is 3. The van der Waals surface area contributed by atoms with Crippen molar-refractivity contribution in [3.63, 3.8) is 0 Å². The monoisotopic (exact) mass is 1530 g/mol. The number of H-pyrrole nitrogens is 2. The number of para-hydroxylation sites is 2. The minimum Gasteiger partial charge on any atom is -0.508 e. The lowest BCUT2D eigenvalue weighted by molar-refractivity contribution is -0.142. The van der Waals surface area contributed by atoms with Crippen LogP contribution in [0.2, 0.25) is 0 Å². The van der Waals surface area contributed by atoms with Crippen LogP contribution in [-0.2, 0) is 86.4 Å². The number of phenolic OH excluding ortho intramolecular Hbond substituents is 1. The Hall–Kier alpha value is -11.0. The normalized spacial score (nSPS) is 15.4. The minimum absolute atomic E-state index is 0.0162. The van der Waals surface area contributed by atoms with Crippen LogP contribution < -0.4 is 80.6 Å². The van der Waals surface area contributed by atoms with Crippen molar-refractivity contribution >= 4 is 136 Å². The van der Waals surface area contributed by atoms with Crippen LogP contribution in [0.25, 0.3) is 21.8 Å². The molecule has 580 valence electrons. The quantitative estimate of drug-likeness (QED) is 0.00762. The van der Waals surface area contributed by atoms with E-state index in [4.69, 9.17) is 22.0 Å². The van der Waals surface area contributed by atoms with Gasteiger partial charge in [-0.05, 0) is 92.8 Å². The highest BCUT2D eigenvalue weighted by Crippen LogP contribution is 2.25. The lowest BCUT2D eigenvalue weighted by atomic mass is 10.0. The molecule has 13 amide bonds. The lowest BCUT2D eigenvalue weighted by Crippen LogP contribution is -2.60. The molecule has 2 aromatic heterocycles. The first-order chi connectivity index (χ1) is 50.9. The van der Waals surface area contributed by atoms with Gasteiger partial charge in [0, 0.05) is 78.1 Å². The molecule has 6 rings (SSSR count). The Morgan fingerprint density at radius 2 is 1.06 bits per heavy atom. The van der Waals surface area contributed by atoms with Crippen molar-refractivity contribution in [3.8, 4) is 5.75 Å². The topological polar surface area (TPSA) is 567 Å². The second-order valence-corrected chi connectivity index (χ2v) is 26.7. The number of nitrogens with zero attached hydrogens (tertiary/aromatic N) is 1. The predicted molar refractivity (Wildman–Crippen MR) is 397 cm³/mol. The Morgan fingerprint density at radius 1 is 0.561 bits per heavy atom. The standard InChI is InChI=1S/C69H95N19O17S2/c1-35(2)23-47(63(100)86-51(33-106)61(98)78-32-57(94)95)80-55(92)30-76-60(97)49(25-39-28-74-44-13-7-5-11-42(39)44)84-59(96)36(3)79-62(99)46(15-9-21-73-69(71)72)83-66(103)53-16-10-22-88(53)68(105)50(26-40-29-75-45-14-8-6-12-43(40)45)85-64(101)48(24-38-17-19-41(90)20-18-38)81-56(93)31-77-67(104)58(37(4)89)87-65(102)52(34-107)82-54(91)27-70/h5-8,11-14,17-20,28-29,35-37,46-53,58,74-75,89-90,106-107H,9-10,15-16,21-27,30-34,70H2,1-4H3,(H,76,97)(H,77,104)(H,78,98)(H,79,99)(H,80,92)(H,81,93)(H,82,91)(H,83,103)(H,84,96)(H,85,101)(H,86,100)(H,87,102)(H,94,95)(H4,71,72,73)/t36-,37+,46-,47-,48-,49-,50-,51-,52-,53-,58-/m0/s1. The average molecular weight is 1530 g/mol. The number of aromatic nitrogens is 2. The third-order valence-electron chi connectivity index (χ3n) is 17.2. The molecule has 0 spiro atoms. The van der Waals surface area contributed by atoms with E-state index >= 15 is 4.79 Å². The summed E-state index contributed by atoms with van der Waals surface area (Å²) in [5.41, 5.74) is 13.9. The maximum atomic E-state index is 15.3. The van der Waals surface area contributed by atoms with E-state index in [-0.39, 0.29) is 93.6 Å². The van der Waals surface area contributed by atoms with Crippen LogP contribution in [0.5, 0.6) is 5.75 Å². The number of carbonyl (C=O) groups excluding carboxylic acids is 13. The first-order valence-corrected chi connectivity index (χ1v) is 35.8. The van der Waals surface area contributed by atoms with E-state index in [2.05, 4.69) is 104 Å². The van der Waals surface area contributed by atoms with Crippen LogP contribution in [0.3, 0.4) is 0 Å². The van der Waals surface area contributed by atoms with Gasteiger partial charge in [0.1, 0.15) is 72.7 Å². The molecule has 38 heteroatoms. The van der Waals surface area contributed by atoms with Crippen LogP contribution >= 0.6 is 25.3 Å². The second kappa shape index (κ2) is 41.6. The van der Waals surface area contributed by atoms with Gasteiger partial charge >= 0.3 is 5.97 Å². The summed E-state index contributed by atoms with van der Waals surface area (Å²) in [6.07, 6.45) is 1.56. The number of fused-ring (bicyclic) bond motifs is 2. The summed E-state index contributed by atoms with van der Waals surface area (Å²) in [6.45, 7) is 3.39. The number of aromatic amines is 2. The number of thiol groups is 2. The van der Waals surface area contributed by atoms with Crippen molar-refractivity contribution in [1.82, 2.24) is 84.0 Å². The number of rotatable bonds is 41. The van der Waals surface area contributed by atoms with Gasteiger partial charge in [0.15, 0.2) is 5.96 Å². The van der Waals surface area contributed by atoms with Crippen LogP contribution in [0.1, 0.15) is 76.5 Å². The number of carbonyl (C=O) groups is 14. The van der Waals surface area contributed by atoms with Crippen molar-refractivity contribution in [2.24, 2.45) is 17.4 Å².